The van der Waals surface area contributed by atoms with Crippen molar-refractivity contribution in [2.24, 2.45) is 0 Å². The number of fused-ring (bicyclic) bond motifs is 3. The van der Waals surface area contributed by atoms with E-state index in [4.69, 9.17) is 32.9 Å². The molecule has 4 heterocycles. The van der Waals surface area contributed by atoms with Gasteiger partial charge in [-0.25, -0.2) is 14.2 Å². The van der Waals surface area contributed by atoms with E-state index in [-0.39, 0.29) is 84.6 Å². The summed E-state index contributed by atoms with van der Waals surface area (Å²) in [5.74, 6) is -1.39. The van der Waals surface area contributed by atoms with Gasteiger partial charge in [-0.2, -0.15) is 4.98 Å². The highest BCUT2D eigenvalue weighted by molar-refractivity contribution is 6.35. The molecule has 1 atom stereocenters. The lowest BCUT2D eigenvalue weighted by Crippen LogP contribution is -2.52. The molecule has 0 saturated carbocycles. The number of amides is 6. The number of ether oxygens (including phenoxy) is 1. The highest BCUT2D eigenvalue weighted by Crippen LogP contribution is 2.42. The van der Waals surface area contributed by atoms with E-state index >= 15 is 4.39 Å². The van der Waals surface area contributed by atoms with Gasteiger partial charge in [0.2, 0.25) is 23.7 Å². The van der Waals surface area contributed by atoms with Crippen LogP contribution in [0.5, 0.6) is 5.75 Å². The van der Waals surface area contributed by atoms with Crippen molar-refractivity contribution in [1.82, 2.24) is 30.4 Å². The van der Waals surface area contributed by atoms with E-state index in [1.807, 2.05) is 35.2 Å². The normalized spacial score (nSPS) is 15.9. The number of urea groups is 1. The molecule has 6 aromatic rings. The summed E-state index contributed by atoms with van der Waals surface area (Å²) in [5.41, 5.74) is 3.80. The van der Waals surface area contributed by atoms with Crippen LogP contribution in [0, 0.1) is 5.82 Å². The first-order valence-electron chi connectivity index (χ1n) is 22.3. The monoisotopic (exact) mass is 973 g/mol. The SMILES string of the molecule is C=CC(=O)N1CCN(c2nc(NCCOCCc3cc(Cl)cc(NC(=O)NCc4ccc5c(c4)CN(C4CCC(=O)NC4=O)C5=O)c3)nc3c(F)c(-c4cc(O)cc5ccccc45)c(Cl)cc23)CC1. The number of carbonyl (C=O) groups is 5. The maximum absolute atomic E-state index is 17.0. The molecule has 2 saturated heterocycles. The van der Waals surface area contributed by atoms with Gasteiger partial charge in [-0.1, -0.05) is 66.2 Å². The smallest absolute Gasteiger partial charge is 0.319 e. The van der Waals surface area contributed by atoms with Gasteiger partial charge in [0, 0.05) is 79.5 Å². The number of benzene rings is 5. The van der Waals surface area contributed by atoms with Gasteiger partial charge < -0.3 is 40.5 Å². The summed E-state index contributed by atoms with van der Waals surface area (Å²) >= 11 is 13.3. The van der Waals surface area contributed by atoms with E-state index in [2.05, 4.69) is 32.8 Å². The van der Waals surface area contributed by atoms with Crippen molar-refractivity contribution in [3.8, 4) is 16.9 Å². The second-order valence-corrected chi connectivity index (χ2v) is 17.7. The Hall–Kier alpha value is -7.34. The lowest BCUT2D eigenvalue weighted by molar-refractivity contribution is -0.137. The van der Waals surface area contributed by atoms with Gasteiger partial charge in [0.15, 0.2) is 5.82 Å². The van der Waals surface area contributed by atoms with Crippen molar-refractivity contribution < 1.29 is 38.2 Å². The molecule has 9 rings (SSSR count). The number of rotatable bonds is 14. The topological polar surface area (TPSA) is 198 Å². The summed E-state index contributed by atoms with van der Waals surface area (Å²) in [6.45, 7) is 6.48. The largest absolute Gasteiger partial charge is 0.508 e. The van der Waals surface area contributed by atoms with Crippen molar-refractivity contribution in [3.05, 3.63) is 130 Å². The van der Waals surface area contributed by atoms with Gasteiger partial charge >= 0.3 is 6.03 Å². The van der Waals surface area contributed by atoms with Crippen molar-refractivity contribution >= 4 is 92.0 Å². The van der Waals surface area contributed by atoms with E-state index in [0.29, 0.717) is 83.0 Å². The number of nitrogens with zero attached hydrogens (tertiary/aromatic N) is 5. The molecular formula is C50H46Cl2FN9O7. The zero-order valence-electron chi connectivity index (χ0n) is 37.1. The zero-order chi connectivity index (χ0) is 48.3. The zero-order valence-corrected chi connectivity index (χ0v) is 38.6. The van der Waals surface area contributed by atoms with Gasteiger partial charge in [0.1, 0.15) is 23.1 Å². The molecule has 0 radical (unpaired) electrons. The number of hydrogen-bond acceptors (Lipinski definition) is 11. The number of phenolic OH excluding ortho intramolecular Hbond substituents is 1. The Kier molecular flexibility index (Phi) is 13.6. The van der Waals surface area contributed by atoms with Crippen molar-refractivity contribution in [2.75, 3.05) is 61.5 Å². The summed E-state index contributed by atoms with van der Waals surface area (Å²) in [6.07, 6.45) is 2.19. The van der Waals surface area contributed by atoms with Crippen LogP contribution in [0.1, 0.15) is 39.9 Å². The highest BCUT2D eigenvalue weighted by Gasteiger charge is 2.39. The van der Waals surface area contributed by atoms with E-state index in [1.54, 1.807) is 47.4 Å². The third-order valence-electron chi connectivity index (χ3n) is 12.4. The number of imide groups is 1. The molecule has 0 aliphatic carbocycles. The van der Waals surface area contributed by atoms with Crippen LogP contribution in [0.25, 0.3) is 32.8 Å². The van der Waals surface area contributed by atoms with Crippen molar-refractivity contribution in [1.29, 1.82) is 0 Å². The number of halogens is 3. The lowest BCUT2D eigenvalue weighted by atomic mass is 9.96. The Morgan fingerprint density at radius 2 is 1.74 bits per heavy atom. The van der Waals surface area contributed by atoms with Crippen LogP contribution in [-0.2, 0) is 38.6 Å². The minimum Gasteiger partial charge on any atom is -0.508 e. The van der Waals surface area contributed by atoms with Gasteiger partial charge in [0.25, 0.3) is 5.91 Å². The van der Waals surface area contributed by atoms with E-state index in [9.17, 15) is 29.1 Å². The molecule has 0 bridgehead atoms. The molecule has 16 nitrogen and oxygen atoms in total. The molecule has 19 heteroatoms. The summed E-state index contributed by atoms with van der Waals surface area (Å²) in [7, 11) is 0. The molecule has 6 amide bonds. The fourth-order valence-electron chi connectivity index (χ4n) is 9.01. The molecule has 354 valence electrons. The number of piperazine rings is 1. The first-order valence-corrected chi connectivity index (χ1v) is 23.1. The number of aromatic hydroxyl groups is 1. The molecule has 5 aromatic carbocycles. The molecule has 3 aliphatic heterocycles. The minimum absolute atomic E-state index is 0.0277. The highest BCUT2D eigenvalue weighted by atomic mass is 35.5. The molecule has 5 N–H and O–H groups in total. The Bertz CT molecular complexity index is 3070. The average molecular weight is 975 g/mol. The summed E-state index contributed by atoms with van der Waals surface area (Å²) in [6, 6.07) is 21.3. The fourth-order valence-corrected chi connectivity index (χ4v) is 9.56. The Morgan fingerprint density at radius 1 is 0.928 bits per heavy atom. The summed E-state index contributed by atoms with van der Waals surface area (Å²) < 4.78 is 22.9. The second-order valence-electron chi connectivity index (χ2n) is 16.9. The Balaban J connectivity index is 0.818. The first kappa shape index (κ1) is 46.8. The molecule has 0 spiro atoms. The molecule has 1 aromatic heterocycles. The predicted molar refractivity (Wildman–Crippen MR) is 261 cm³/mol. The van der Waals surface area contributed by atoms with Crippen LogP contribution in [0.15, 0.2) is 91.5 Å². The lowest BCUT2D eigenvalue weighted by Gasteiger charge is -2.35. The number of anilines is 3. The summed E-state index contributed by atoms with van der Waals surface area (Å²) in [4.78, 5) is 77.0. The molecule has 2 fully saturated rings. The van der Waals surface area contributed by atoms with Crippen LogP contribution >= 0.6 is 23.2 Å². The van der Waals surface area contributed by atoms with Gasteiger partial charge in [0.05, 0.1) is 18.2 Å². The number of piperidine rings is 1. The Labute approximate surface area is 405 Å². The molecule has 3 aliphatic rings. The second kappa shape index (κ2) is 20.1. The van der Waals surface area contributed by atoms with Crippen molar-refractivity contribution in [2.45, 2.75) is 38.4 Å². The van der Waals surface area contributed by atoms with Crippen molar-refractivity contribution in [3.63, 3.8) is 0 Å². The van der Waals surface area contributed by atoms with E-state index < -0.39 is 23.8 Å². The van der Waals surface area contributed by atoms with Crippen LogP contribution in [0.2, 0.25) is 10.0 Å². The average Bonchev–Trinajstić information content (AvgIpc) is 3.65. The number of phenols is 1. The van der Waals surface area contributed by atoms with Crippen LogP contribution in [0.3, 0.4) is 0 Å². The number of nitrogens with one attached hydrogen (secondary N) is 4. The van der Waals surface area contributed by atoms with Gasteiger partial charge in [-0.05, 0) is 94.4 Å². The van der Waals surface area contributed by atoms with Crippen LogP contribution in [0.4, 0.5) is 26.6 Å². The fraction of sp³-hybridized carbons (Fsp3) is 0.260. The molecule has 69 heavy (non-hydrogen) atoms. The first-order chi connectivity index (χ1) is 33.3. The van der Waals surface area contributed by atoms with Gasteiger partial charge in [-0.3, -0.25) is 24.5 Å². The van der Waals surface area contributed by atoms with E-state index in [0.717, 1.165) is 16.7 Å². The number of hydrogen-bond donors (Lipinski definition) is 5. The predicted octanol–water partition coefficient (Wildman–Crippen LogP) is 7.19. The van der Waals surface area contributed by atoms with Crippen LogP contribution < -0.4 is 26.2 Å². The van der Waals surface area contributed by atoms with Crippen LogP contribution in [-0.4, -0.2) is 107 Å². The minimum atomic E-state index is -0.714. The van der Waals surface area contributed by atoms with Gasteiger partial charge in [-0.15, -0.1) is 0 Å². The maximum atomic E-state index is 17.0. The third-order valence-corrected chi connectivity index (χ3v) is 12.9. The molecular weight excluding hydrogens is 929 g/mol. The summed E-state index contributed by atoms with van der Waals surface area (Å²) in [5, 5.41) is 24.1. The maximum Gasteiger partial charge on any atom is 0.319 e. The quantitative estimate of drug-likeness (QED) is 0.0421. The molecule has 1 unspecified atom stereocenters. The standard InChI is InChI=1S/C50H46Cl2FN9O7/c1-2-42(65)60-13-15-61(16-14-60)46-38-25-39(52)43(37-24-34(63)22-30-5-3-4-6-35(30)37)44(53)45(38)58-49(59-46)54-12-18-69-17-11-28-20-32(51)23-33(21-28)56-50(68)55-26-29-7-8-36-31(19-29)27-62(48(36)67)40-9-10-41(64)57-47(40)66/h2-8,19-25,40,63H,1,9-18,26-27H2,(H,54,58,59)(H2,55,56,68)(H,57,64,66). The van der Waals surface area contributed by atoms with E-state index in [1.165, 1.54) is 17.0 Å². The number of aromatic nitrogens is 2. The number of carbonyl (C=O) groups excluding carboxylic acids is 5. The third kappa shape index (κ3) is 10.1. The Morgan fingerprint density at radius 3 is 2.54 bits per heavy atom.